The summed E-state index contributed by atoms with van der Waals surface area (Å²) in [4.78, 5) is 21.3. The van der Waals surface area contributed by atoms with E-state index in [0.717, 1.165) is 33.7 Å². The standard InChI is InChI=1S/C24H21N5O2/c1-14-6-4-7-15(12-14)28(2)20-9-5-8-16-22(27-29(3)23(16)20)19-13-18-21(26-19)17(24(30)31)10-11-25-18/h4-13,26H,1-3H3,(H,30,31). The summed E-state index contributed by atoms with van der Waals surface area (Å²) in [6.07, 6.45) is 1.51. The molecule has 0 saturated carbocycles. The number of fused-ring (bicyclic) bond motifs is 2. The van der Waals surface area contributed by atoms with Crippen molar-refractivity contribution in [1.29, 1.82) is 0 Å². The third-order valence-corrected chi connectivity index (χ3v) is 5.60. The van der Waals surface area contributed by atoms with E-state index in [1.54, 1.807) is 0 Å². The Hall–Kier alpha value is -4.13. The van der Waals surface area contributed by atoms with Crippen LogP contribution in [0.25, 0.3) is 33.3 Å². The van der Waals surface area contributed by atoms with Gasteiger partial charge in [-0.15, -0.1) is 0 Å². The fourth-order valence-electron chi connectivity index (χ4n) is 4.09. The number of nitrogens with one attached hydrogen (secondary N) is 1. The van der Waals surface area contributed by atoms with Crippen molar-refractivity contribution < 1.29 is 9.90 Å². The molecule has 0 aliphatic heterocycles. The highest BCUT2D eigenvalue weighted by molar-refractivity contribution is 6.05. The van der Waals surface area contributed by atoms with E-state index in [0.29, 0.717) is 11.0 Å². The molecular formula is C24H21N5O2. The van der Waals surface area contributed by atoms with Gasteiger partial charge in [0.25, 0.3) is 0 Å². The number of pyridine rings is 1. The molecule has 0 radical (unpaired) electrons. The summed E-state index contributed by atoms with van der Waals surface area (Å²) in [6.45, 7) is 2.08. The van der Waals surface area contributed by atoms with Crippen LogP contribution in [0.4, 0.5) is 11.4 Å². The van der Waals surface area contributed by atoms with Crippen molar-refractivity contribution in [3.63, 3.8) is 0 Å². The smallest absolute Gasteiger partial charge is 0.337 e. The maximum atomic E-state index is 11.6. The molecule has 0 aliphatic carbocycles. The molecule has 2 aromatic carbocycles. The zero-order valence-corrected chi connectivity index (χ0v) is 17.4. The number of H-pyrrole nitrogens is 1. The van der Waals surface area contributed by atoms with Crippen molar-refractivity contribution in [3.05, 3.63) is 71.9 Å². The zero-order chi connectivity index (χ0) is 21.7. The number of carbonyl (C=O) groups is 1. The summed E-state index contributed by atoms with van der Waals surface area (Å²) in [5, 5.41) is 15.2. The quantitative estimate of drug-likeness (QED) is 0.440. The number of anilines is 2. The monoisotopic (exact) mass is 411 g/mol. The van der Waals surface area contributed by atoms with Crippen LogP contribution in [-0.2, 0) is 7.05 Å². The first-order valence-corrected chi connectivity index (χ1v) is 9.91. The van der Waals surface area contributed by atoms with Crippen LogP contribution in [0.15, 0.2) is 60.8 Å². The minimum absolute atomic E-state index is 0.191. The molecule has 2 N–H and O–H groups in total. The van der Waals surface area contributed by atoms with Crippen LogP contribution in [-0.4, -0.2) is 37.9 Å². The second-order valence-electron chi connectivity index (χ2n) is 7.65. The van der Waals surface area contributed by atoms with Crippen LogP contribution < -0.4 is 4.90 Å². The van der Waals surface area contributed by atoms with Gasteiger partial charge in [-0.2, -0.15) is 5.10 Å². The summed E-state index contributed by atoms with van der Waals surface area (Å²) < 4.78 is 1.86. The van der Waals surface area contributed by atoms with E-state index >= 15 is 0 Å². The molecule has 3 heterocycles. The number of aromatic nitrogens is 4. The second-order valence-corrected chi connectivity index (χ2v) is 7.65. The van der Waals surface area contributed by atoms with Crippen molar-refractivity contribution in [1.82, 2.24) is 19.7 Å². The Kier molecular flexibility index (Phi) is 4.25. The number of rotatable bonds is 4. The van der Waals surface area contributed by atoms with E-state index in [1.807, 2.05) is 43.0 Å². The largest absolute Gasteiger partial charge is 0.478 e. The van der Waals surface area contributed by atoms with Gasteiger partial charge in [-0.05, 0) is 42.8 Å². The number of aromatic carboxylic acids is 1. The number of aryl methyl sites for hydroxylation is 2. The molecular weight excluding hydrogens is 390 g/mol. The number of benzene rings is 2. The van der Waals surface area contributed by atoms with E-state index in [1.165, 1.54) is 17.8 Å². The highest BCUT2D eigenvalue weighted by Gasteiger charge is 2.19. The summed E-state index contributed by atoms with van der Waals surface area (Å²) >= 11 is 0. The molecule has 0 aliphatic rings. The lowest BCUT2D eigenvalue weighted by atomic mass is 10.1. The van der Waals surface area contributed by atoms with E-state index in [-0.39, 0.29) is 5.56 Å². The van der Waals surface area contributed by atoms with Crippen LogP contribution in [0.2, 0.25) is 0 Å². The highest BCUT2D eigenvalue weighted by atomic mass is 16.4. The lowest BCUT2D eigenvalue weighted by Gasteiger charge is -2.21. The molecule has 154 valence electrons. The maximum Gasteiger partial charge on any atom is 0.337 e. The number of para-hydroxylation sites is 1. The van der Waals surface area contributed by atoms with Crippen LogP contribution in [0.1, 0.15) is 15.9 Å². The van der Waals surface area contributed by atoms with Gasteiger partial charge in [0.2, 0.25) is 0 Å². The minimum atomic E-state index is -0.992. The first-order chi connectivity index (χ1) is 14.9. The van der Waals surface area contributed by atoms with Gasteiger partial charge >= 0.3 is 5.97 Å². The predicted octanol–water partition coefficient (Wildman–Crippen LogP) is 4.89. The first kappa shape index (κ1) is 18.9. The number of hydrogen-bond donors (Lipinski definition) is 2. The van der Waals surface area contributed by atoms with Crippen molar-refractivity contribution >= 4 is 39.3 Å². The third-order valence-electron chi connectivity index (χ3n) is 5.60. The molecule has 0 bridgehead atoms. The molecule has 0 unspecified atom stereocenters. The Bertz CT molecular complexity index is 1460. The number of aromatic amines is 1. The molecule has 31 heavy (non-hydrogen) atoms. The summed E-state index contributed by atoms with van der Waals surface area (Å²) in [5.41, 5.74) is 7.09. The van der Waals surface area contributed by atoms with Gasteiger partial charge in [0.15, 0.2) is 0 Å². The van der Waals surface area contributed by atoms with Gasteiger partial charge in [-0.25, -0.2) is 4.79 Å². The highest BCUT2D eigenvalue weighted by Crippen LogP contribution is 2.36. The van der Waals surface area contributed by atoms with Crippen LogP contribution in [0, 0.1) is 6.92 Å². The topological polar surface area (TPSA) is 87.0 Å². The van der Waals surface area contributed by atoms with Crippen LogP contribution in [0.3, 0.4) is 0 Å². The fraction of sp³-hybridized carbons (Fsp3) is 0.125. The lowest BCUT2D eigenvalue weighted by molar-refractivity contribution is 0.0698. The average molecular weight is 411 g/mol. The van der Waals surface area contributed by atoms with Gasteiger partial charge < -0.3 is 15.0 Å². The molecule has 0 saturated heterocycles. The molecule has 7 heteroatoms. The summed E-state index contributed by atoms with van der Waals surface area (Å²) in [6, 6.07) is 17.8. The van der Waals surface area contributed by atoms with Crippen molar-refractivity contribution in [3.8, 4) is 11.4 Å². The minimum Gasteiger partial charge on any atom is -0.478 e. The van der Waals surface area contributed by atoms with Crippen molar-refractivity contribution in [2.24, 2.45) is 7.05 Å². The third kappa shape index (κ3) is 3.02. The predicted molar refractivity (Wildman–Crippen MR) is 122 cm³/mol. The second kappa shape index (κ2) is 6.98. The molecule has 0 fully saturated rings. The molecule has 3 aromatic heterocycles. The molecule has 5 aromatic rings. The normalized spacial score (nSPS) is 11.3. The van der Waals surface area contributed by atoms with E-state index in [4.69, 9.17) is 5.10 Å². The Morgan fingerprint density at radius 3 is 2.71 bits per heavy atom. The molecule has 0 atom stereocenters. The zero-order valence-electron chi connectivity index (χ0n) is 17.4. The van der Waals surface area contributed by atoms with Gasteiger partial charge in [0.1, 0.15) is 5.69 Å². The Morgan fingerprint density at radius 1 is 1.13 bits per heavy atom. The average Bonchev–Trinajstić information content (AvgIpc) is 3.34. The number of carboxylic acid groups (broad SMARTS) is 1. The lowest BCUT2D eigenvalue weighted by Crippen LogP contribution is -2.11. The van der Waals surface area contributed by atoms with E-state index < -0.39 is 5.97 Å². The van der Waals surface area contributed by atoms with Crippen molar-refractivity contribution in [2.45, 2.75) is 6.92 Å². The van der Waals surface area contributed by atoms with Crippen LogP contribution in [0.5, 0.6) is 0 Å². The Labute approximate surface area is 178 Å². The Morgan fingerprint density at radius 2 is 1.94 bits per heavy atom. The molecule has 7 nitrogen and oxygen atoms in total. The number of carboxylic acids is 1. The maximum absolute atomic E-state index is 11.6. The summed E-state index contributed by atoms with van der Waals surface area (Å²) in [5.74, 6) is -0.992. The number of hydrogen-bond acceptors (Lipinski definition) is 4. The SMILES string of the molecule is Cc1cccc(N(C)c2cccc3c(-c4cc5nccc(C(=O)O)c5[nH]4)nn(C)c23)c1. The molecule has 5 rings (SSSR count). The van der Waals surface area contributed by atoms with Crippen molar-refractivity contribution in [2.75, 3.05) is 11.9 Å². The Balaban J connectivity index is 1.69. The number of nitrogens with zero attached hydrogens (tertiary/aromatic N) is 4. The van der Waals surface area contributed by atoms with E-state index in [2.05, 4.69) is 46.1 Å². The molecule has 0 spiro atoms. The summed E-state index contributed by atoms with van der Waals surface area (Å²) in [7, 11) is 3.96. The van der Waals surface area contributed by atoms with Gasteiger partial charge in [-0.1, -0.05) is 24.3 Å². The fourth-order valence-corrected chi connectivity index (χ4v) is 4.09. The molecule has 0 amide bonds. The van der Waals surface area contributed by atoms with Crippen LogP contribution >= 0.6 is 0 Å². The van der Waals surface area contributed by atoms with Gasteiger partial charge in [-0.3, -0.25) is 9.67 Å². The van der Waals surface area contributed by atoms with Gasteiger partial charge in [0.05, 0.1) is 33.5 Å². The first-order valence-electron chi connectivity index (χ1n) is 9.91. The van der Waals surface area contributed by atoms with Gasteiger partial charge in [0, 0.05) is 31.4 Å². The van der Waals surface area contributed by atoms with E-state index in [9.17, 15) is 9.90 Å².